The fourth-order valence-corrected chi connectivity index (χ4v) is 5.34. The average molecular weight is 489 g/mol. The summed E-state index contributed by atoms with van der Waals surface area (Å²) in [5, 5.41) is 16.3. The molecule has 0 unspecified atom stereocenters. The Kier molecular flexibility index (Phi) is 9.37. The molecule has 0 spiro atoms. The summed E-state index contributed by atoms with van der Waals surface area (Å²) in [5.41, 5.74) is 1.29. The SMILES string of the molecule is CCCNC(=O)N1C[C@@H](O)COC[C@H]2O[C@@H](CC(=O)N[C@H]3CCN(Cc4ccccc4)C3)CC[C@@H]21. The lowest BCUT2D eigenvalue weighted by atomic mass is 9.95. The molecule has 0 saturated carbocycles. The van der Waals surface area contributed by atoms with Gasteiger partial charge < -0.3 is 30.1 Å². The number of nitrogens with zero attached hydrogens (tertiary/aromatic N) is 2. The second-order valence-corrected chi connectivity index (χ2v) is 9.99. The third-order valence-corrected chi connectivity index (χ3v) is 7.07. The van der Waals surface area contributed by atoms with Gasteiger partial charge in [0.15, 0.2) is 0 Å². The number of aliphatic hydroxyl groups excluding tert-OH is 1. The number of likely N-dealkylation sites (tertiary alicyclic amines) is 1. The standard InChI is InChI=1S/C26H40N4O5/c1-2-11-27-26(33)30-16-21(31)17-34-18-24-23(30)9-8-22(35-24)13-25(32)28-20-10-12-29(15-20)14-19-6-4-3-5-7-19/h3-7,20-24,31H,2,8-18H2,1H3,(H,27,33)(H,28,32)/t20-,21+,22+,23-,24+/m0/s1. The molecule has 3 N–H and O–H groups in total. The van der Waals surface area contributed by atoms with Crippen molar-refractivity contribution in [1.29, 1.82) is 0 Å². The first-order valence-electron chi connectivity index (χ1n) is 13.0. The number of ether oxygens (including phenoxy) is 2. The van der Waals surface area contributed by atoms with Crippen LogP contribution in [0.3, 0.4) is 0 Å². The number of carbonyl (C=O) groups is 2. The summed E-state index contributed by atoms with van der Waals surface area (Å²) in [4.78, 5) is 29.6. The molecule has 0 aliphatic carbocycles. The first kappa shape index (κ1) is 25.9. The molecule has 0 bridgehead atoms. The highest BCUT2D eigenvalue weighted by atomic mass is 16.5. The van der Waals surface area contributed by atoms with Crippen LogP contribution in [0, 0.1) is 0 Å². The first-order chi connectivity index (χ1) is 17.0. The molecule has 1 aromatic rings. The van der Waals surface area contributed by atoms with E-state index >= 15 is 0 Å². The number of rotatable bonds is 7. The zero-order chi connectivity index (χ0) is 24.6. The molecule has 0 radical (unpaired) electrons. The number of β-amino-alcohol motifs (C(OH)–C–C–N with tert-alkyl or cyclic N) is 1. The predicted octanol–water partition coefficient (Wildman–Crippen LogP) is 1.50. The van der Waals surface area contributed by atoms with Crippen LogP contribution in [0.25, 0.3) is 0 Å². The van der Waals surface area contributed by atoms with E-state index in [4.69, 9.17) is 9.47 Å². The van der Waals surface area contributed by atoms with E-state index in [2.05, 4.69) is 39.8 Å². The number of carbonyl (C=O) groups excluding carboxylic acids is 2. The van der Waals surface area contributed by atoms with Crippen LogP contribution in [0.5, 0.6) is 0 Å². The molecule has 35 heavy (non-hydrogen) atoms. The number of aliphatic hydroxyl groups is 1. The molecule has 4 rings (SSSR count). The summed E-state index contributed by atoms with van der Waals surface area (Å²) >= 11 is 0. The van der Waals surface area contributed by atoms with Crippen LogP contribution in [-0.2, 0) is 20.8 Å². The summed E-state index contributed by atoms with van der Waals surface area (Å²) in [5.74, 6) is 0.0136. The summed E-state index contributed by atoms with van der Waals surface area (Å²) in [6, 6.07) is 10.2. The van der Waals surface area contributed by atoms with Crippen molar-refractivity contribution in [3.05, 3.63) is 35.9 Å². The molecular weight excluding hydrogens is 448 g/mol. The molecule has 9 heteroatoms. The molecule has 1 aromatic carbocycles. The Balaban J connectivity index is 1.26. The number of fused-ring (bicyclic) bond motifs is 1. The Morgan fingerprint density at radius 1 is 1.11 bits per heavy atom. The molecule has 9 nitrogen and oxygen atoms in total. The minimum Gasteiger partial charge on any atom is -0.389 e. The third-order valence-electron chi connectivity index (χ3n) is 7.07. The third kappa shape index (κ3) is 7.39. The van der Waals surface area contributed by atoms with E-state index in [1.807, 2.05) is 13.0 Å². The molecule has 0 aromatic heterocycles. The fourth-order valence-electron chi connectivity index (χ4n) is 5.34. The number of benzene rings is 1. The molecule has 3 aliphatic heterocycles. The second-order valence-electron chi connectivity index (χ2n) is 9.99. The summed E-state index contributed by atoms with van der Waals surface area (Å²) in [6.07, 6.45) is 2.27. The fraction of sp³-hybridized carbons (Fsp3) is 0.692. The van der Waals surface area contributed by atoms with Crippen LogP contribution >= 0.6 is 0 Å². The van der Waals surface area contributed by atoms with Crippen LogP contribution in [0.2, 0.25) is 0 Å². The van der Waals surface area contributed by atoms with Crippen LogP contribution in [-0.4, -0.2) is 96.6 Å². The van der Waals surface area contributed by atoms with Crippen LogP contribution in [0.15, 0.2) is 30.3 Å². The van der Waals surface area contributed by atoms with Gasteiger partial charge in [-0.2, -0.15) is 0 Å². The smallest absolute Gasteiger partial charge is 0.317 e. The molecular formula is C26H40N4O5. The van der Waals surface area contributed by atoms with Crippen LogP contribution in [0.4, 0.5) is 4.79 Å². The van der Waals surface area contributed by atoms with Crippen molar-refractivity contribution in [3.63, 3.8) is 0 Å². The van der Waals surface area contributed by atoms with E-state index in [0.717, 1.165) is 32.5 Å². The van der Waals surface area contributed by atoms with Gasteiger partial charge in [-0.15, -0.1) is 0 Å². The van der Waals surface area contributed by atoms with Gasteiger partial charge in [-0.05, 0) is 31.2 Å². The highest BCUT2D eigenvalue weighted by Gasteiger charge is 2.40. The lowest BCUT2D eigenvalue weighted by molar-refractivity contribution is -0.150. The van der Waals surface area contributed by atoms with Crippen LogP contribution < -0.4 is 10.6 Å². The normalized spacial score (nSPS) is 29.7. The quantitative estimate of drug-likeness (QED) is 0.538. The highest BCUT2D eigenvalue weighted by Crippen LogP contribution is 2.28. The maximum absolute atomic E-state index is 12.8. The van der Waals surface area contributed by atoms with Crippen molar-refractivity contribution in [2.75, 3.05) is 39.4 Å². The minimum atomic E-state index is -0.723. The highest BCUT2D eigenvalue weighted by molar-refractivity contribution is 5.77. The molecule has 194 valence electrons. The van der Waals surface area contributed by atoms with Gasteiger partial charge in [-0.3, -0.25) is 9.69 Å². The van der Waals surface area contributed by atoms with Gasteiger partial charge in [-0.25, -0.2) is 4.79 Å². The van der Waals surface area contributed by atoms with E-state index in [1.165, 1.54) is 5.56 Å². The monoisotopic (exact) mass is 488 g/mol. The van der Waals surface area contributed by atoms with Gasteiger partial charge >= 0.3 is 6.03 Å². The molecule has 3 heterocycles. The first-order valence-corrected chi connectivity index (χ1v) is 13.0. The zero-order valence-corrected chi connectivity index (χ0v) is 20.7. The predicted molar refractivity (Wildman–Crippen MR) is 132 cm³/mol. The molecule has 5 atom stereocenters. The summed E-state index contributed by atoms with van der Waals surface area (Å²) in [6.45, 7) is 6.01. The Morgan fingerprint density at radius 2 is 1.94 bits per heavy atom. The zero-order valence-electron chi connectivity index (χ0n) is 20.7. The second kappa shape index (κ2) is 12.7. The number of urea groups is 1. The maximum Gasteiger partial charge on any atom is 0.317 e. The molecule has 3 aliphatic rings. The molecule has 3 amide bonds. The summed E-state index contributed by atoms with van der Waals surface area (Å²) in [7, 11) is 0. The Morgan fingerprint density at radius 3 is 2.74 bits per heavy atom. The van der Waals surface area contributed by atoms with Gasteiger partial charge in [-0.1, -0.05) is 37.3 Å². The Hall–Kier alpha value is -2.20. The van der Waals surface area contributed by atoms with Gasteiger partial charge in [0.25, 0.3) is 0 Å². The van der Waals surface area contributed by atoms with Crippen molar-refractivity contribution in [3.8, 4) is 0 Å². The van der Waals surface area contributed by atoms with E-state index < -0.39 is 6.10 Å². The molecule has 3 saturated heterocycles. The van der Waals surface area contributed by atoms with Crippen LogP contribution in [0.1, 0.15) is 44.6 Å². The lowest BCUT2D eigenvalue weighted by Gasteiger charge is -2.44. The van der Waals surface area contributed by atoms with Crippen molar-refractivity contribution in [2.45, 2.75) is 76.0 Å². The van der Waals surface area contributed by atoms with Crippen molar-refractivity contribution >= 4 is 11.9 Å². The van der Waals surface area contributed by atoms with E-state index in [-0.39, 0.29) is 49.4 Å². The number of hydrogen-bond donors (Lipinski definition) is 3. The average Bonchev–Trinajstić information content (AvgIpc) is 3.27. The largest absolute Gasteiger partial charge is 0.389 e. The lowest BCUT2D eigenvalue weighted by Crippen LogP contribution is -2.59. The number of amides is 3. The number of hydrogen-bond acceptors (Lipinski definition) is 6. The van der Waals surface area contributed by atoms with E-state index in [1.54, 1.807) is 4.90 Å². The van der Waals surface area contributed by atoms with Gasteiger partial charge in [0.2, 0.25) is 5.91 Å². The van der Waals surface area contributed by atoms with Crippen molar-refractivity contribution in [1.82, 2.24) is 20.4 Å². The van der Waals surface area contributed by atoms with E-state index in [0.29, 0.717) is 32.4 Å². The minimum absolute atomic E-state index is 0.0136. The van der Waals surface area contributed by atoms with Crippen molar-refractivity contribution in [2.24, 2.45) is 0 Å². The van der Waals surface area contributed by atoms with E-state index in [9.17, 15) is 14.7 Å². The van der Waals surface area contributed by atoms with Gasteiger partial charge in [0.05, 0.1) is 44.4 Å². The maximum atomic E-state index is 12.8. The topological polar surface area (TPSA) is 103 Å². The Labute approximate surface area is 208 Å². The van der Waals surface area contributed by atoms with Gasteiger partial charge in [0.1, 0.15) is 6.10 Å². The molecule has 3 fully saturated rings. The van der Waals surface area contributed by atoms with Crippen molar-refractivity contribution < 1.29 is 24.2 Å². The Bertz CT molecular complexity index is 825. The van der Waals surface area contributed by atoms with Gasteiger partial charge in [0, 0.05) is 32.2 Å². The number of nitrogens with one attached hydrogen (secondary N) is 2. The summed E-state index contributed by atoms with van der Waals surface area (Å²) < 4.78 is 11.9.